The average molecular weight is 180 g/mol. The number of hydrogen-bond donors (Lipinski definition) is 2. The Hall–Kier alpha value is -1.44. The van der Waals surface area contributed by atoms with E-state index in [1.54, 1.807) is 0 Å². The van der Waals surface area contributed by atoms with Gasteiger partial charge >= 0.3 is 0 Å². The van der Waals surface area contributed by atoms with Gasteiger partial charge in [-0.1, -0.05) is 6.07 Å². The van der Waals surface area contributed by atoms with E-state index < -0.39 is 11.9 Å². The van der Waals surface area contributed by atoms with Gasteiger partial charge in [-0.2, -0.15) is 5.26 Å². The van der Waals surface area contributed by atoms with Gasteiger partial charge in [0.25, 0.3) is 0 Å². The zero-order chi connectivity index (χ0) is 9.84. The van der Waals surface area contributed by atoms with Crippen molar-refractivity contribution in [3.05, 3.63) is 35.1 Å². The van der Waals surface area contributed by atoms with Gasteiger partial charge in [-0.15, -0.1) is 0 Å². The molecule has 1 aromatic carbocycles. The maximum absolute atomic E-state index is 12.6. The van der Waals surface area contributed by atoms with Crippen LogP contribution in [-0.4, -0.2) is 11.7 Å². The molecule has 0 aliphatic heterocycles. The van der Waals surface area contributed by atoms with Crippen molar-refractivity contribution in [3.8, 4) is 6.07 Å². The Morgan fingerprint density at radius 2 is 2.31 bits per heavy atom. The molecule has 3 N–H and O–H groups in total. The standard InChI is InChI=1S/C9H9FN2O/c10-7-1-2-8(9(12)5-13)6(3-7)4-11/h1-3,9,13H,5,12H2/t9-/m1/s1. The van der Waals surface area contributed by atoms with Crippen molar-refractivity contribution >= 4 is 0 Å². The smallest absolute Gasteiger partial charge is 0.124 e. The summed E-state index contributed by atoms with van der Waals surface area (Å²) < 4.78 is 12.6. The molecule has 0 spiro atoms. The van der Waals surface area contributed by atoms with Crippen molar-refractivity contribution in [3.63, 3.8) is 0 Å². The number of hydrogen-bond acceptors (Lipinski definition) is 3. The molecule has 0 unspecified atom stereocenters. The third kappa shape index (κ3) is 2.02. The lowest BCUT2D eigenvalue weighted by Crippen LogP contribution is -2.15. The summed E-state index contributed by atoms with van der Waals surface area (Å²) in [6.07, 6.45) is 0. The summed E-state index contributed by atoms with van der Waals surface area (Å²) in [4.78, 5) is 0. The van der Waals surface area contributed by atoms with Gasteiger partial charge in [0.05, 0.1) is 24.3 Å². The van der Waals surface area contributed by atoms with Crippen LogP contribution in [0.15, 0.2) is 18.2 Å². The molecule has 0 amide bonds. The Kier molecular flexibility index (Phi) is 2.96. The van der Waals surface area contributed by atoms with Crippen LogP contribution in [0.1, 0.15) is 17.2 Å². The summed E-state index contributed by atoms with van der Waals surface area (Å²) in [5, 5.41) is 17.4. The number of nitriles is 1. The molecule has 13 heavy (non-hydrogen) atoms. The van der Waals surface area contributed by atoms with Crippen LogP contribution in [-0.2, 0) is 0 Å². The minimum absolute atomic E-state index is 0.168. The first-order valence-corrected chi connectivity index (χ1v) is 3.75. The van der Waals surface area contributed by atoms with Crippen LogP contribution < -0.4 is 5.73 Å². The predicted octanol–water partition coefficient (Wildman–Crippen LogP) is 0.689. The first kappa shape index (κ1) is 9.65. The molecule has 1 rings (SSSR count). The number of halogens is 1. The maximum atomic E-state index is 12.6. The van der Waals surface area contributed by atoms with Crippen molar-refractivity contribution in [1.29, 1.82) is 5.26 Å². The fraction of sp³-hybridized carbons (Fsp3) is 0.222. The SMILES string of the molecule is N#Cc1cc(F)ccc1[C@H](N)CO. The fourth-order valence-corrected chi connectivity index (χ4v) is 1.05. The van der Waals surface area contributed by atoms with E-state index >= 15 is 0 Å². The Bertz CT molecular complexity index is 346. The molecule has 0 saturated carbocycles. The Morgan fingerprint density at radius 3 is 2.85 bits per heavy atom. The van der Waals surface area contributed by atoms with E-state index in [1.165, 1.54) is 12.1 Å². The molecule has 0 aliphatic carbocycles. The van der Waals surface area contributed by atoms with Crippen molar-refractivity contribution in [1.82, 2.24) is 0 Å². The first-order valence-electron chi connectivity index (χ1n) is 3.75. The lowest BCUT2D eigenvalue weighted by atomic mass is 10.0. The lowest BCUT2D eigenvalue weighted by molar-refractivity contribution is 0.268. The second-order valence-electron chi connectivity index (χ2n) is 2.63. The number of nitrogens with two attached hydrogens (primary N) is 1. The van der Waals surface area contributed by atoms with Crippen molar-refractivity contribution in [2.75, 3.05) is 6.61 Å². The summed E-state index contributed by atoms with van der Waals surface area (Å²) >= 11 is 0. The fourth-order valence-electron chi connectivity index (χ4n) is 1.05. The highest BCUT2D eigenvalue weighted by Gasteiger charge is 2.10. The first-order chi connectivity index (χ1) is 6.19. The molecule has 0 bridgehead atoms. The van der Waals surface area contributed by atoms with Crippen LogP contribution in [0.4, 0.5) is 4.39 Å². The van der Waals surface area contributed by atoms with E-state index in [1.807, 2.05) is 6.07 Å². The molecule has 0 fully saturated rings. The van der Waals surface area contributed by atoms with Crippen molar-refractivity contribution in [2.45, 2.75) is 6.04 Å². The normalized spacial score (nSPS) is 12.2. The van der Waals surface area contributed by atoms with Gasteiger partial charge in [0.15, 0.2) is 0 Å². The van der Waals surface area contributed by atoms with Gasteiger partial charge < -0.3 is 10.8 Å². The highest BCUT2D eigenvalue weighted by Crippen LogP contribution is 2.16. The Morgan fingerprint density at radius 1 is 1.62 bits per heavy atom. The number of aliphatic hydroxyl groups excluding tert-OH is 1. The van der Waals surface area contributed by atoms with Crippen molar-refractivity contribution in [2.24, 2.45) is 5.73 Å². The lowest BCUT2D eigenvalue weighted by Gasteiger charge is -2.09. The third-order valence-corrected chi connectivity index (χ3v) is 1.73. The number of aliphatic hydroxyl groups is 1. The van der Waals surface area contributed by atoms with Gasteiger partial charge in [-0.05, 0) is 17.7 Å². The molecule has 68 valence electrons. The summed E-state index contributed by atoms with van der Waals surface area (Å²) in [5.41, 5.74) is 6.13. The highest BCUT2D eigenvalue weighted by molar-refractivity contribution is 5.39. The van der Waals surface area contributed by atoms with E-state index in [0.29, 0.717) is 5.56 Å². The molecule has 3 nitrogen and oxygen atoms in total. The van der Waals surface area contributed by atoms with Gasteiger partial charge in [0.2, 0.25) is 0 Å². The zero-order valence-corrected chi connectivity index (χ0v) is 6.87. The minimum atomic E-state index is -0.629. The summed E-state index contributed by atoms with van der Waals surface area (Å²) in [6.45, 7) is -0.264. The molecule has 1 aromatic rings. The van der Waals surface area contributed by atoms with Gasteiger partial charge in [0.1, 0.15) is 5.82 Å². The van der Waals surface area contributed by atoms with E-state index in [9.17, 15) is 4.39 Å². The van der Waals surface area contributed by atoms with Crippen molar-refractivity contribution < 1.29 is 9.50 Å². The molecule has 0 radical (unpaired) electrons. The van der Waals surface area contributed by atoms with Crippen LogP contribution in [0, 0.1) is 17.1 Å². The van der Waals surface area contributed by atoms with E-state index in [4.69, 9.17) is 16.1 Å². The van der Waals surface area contributed by atoms with Crippen LogP contribution >= 0.6 is 0 Å². The van der Waals surface area contributed by atoms with Crippen LogP contribution in [0.3, 0.4) is 0 Å². The molecule has 0 aliphatic rings. The summed E-state index contributed by atoms with van der Waals surface area (Å²) in [5.74, 6) is -0.481. The number of rotatable bonds is 2. The monoisotopic (exact) mass is 180 g/mol. The largest absolute Gasteiger partial charge is 0.394 e. The summed E-state index contributed by atoms with van der Waals surface area (Å²) in [7, 11) is 0. The predicted molar refractivity (Wildman–Crippen MR) is 45.1 cm³/mol. The Balaban J connectivity index is 3.15. The molecule has 0 heterocycles. The highest BCUT2D eigenvalue weighted by atomic mass is 19.1. The second kappa shape index (κ2) is 3.99. The molecule has 4 heteroatoms. The van der Waals surface area contributed by atoms with Crippen LogP contribution in [0.5, 0.6) is 0 Å². The molecule has 0 saturated heterocycles. The Labute approximate surface area is 75.2 Å². The molecule has 0 aromatic heterocycles. The van der Waals surface area contributed by atoms with Gasteiger partial charge in [-0.25, -0.2) is 4.39 Å². The van der Waals surface area contributed by atoms with E-state index in [0.717, 1.165) is 6.07 Å². The van der Waals surface area contributed by atoms with Gasteiger partial charge in [-0.3, -0.25) is 0 Å². The number of benzene rings is 1. The van der Waals surface area contributed by atoms with Gasteiger partial charge in [0, 0.05) is 0 Å². The van der Waals surface area contributed by atoms with Crippen LogP contribution in [0.25, 0.3) is 0 Å². The molecular weight excluding hydrogens is 171 g/mol. The maximum Gasteiger partial charge on any atom is 0.124 e. The molecule has 1 atom stereocenters. The zero-order valence-electron chi connectivity index (χ0n) is 6.87. The van der Waals surface area contributed by atoms with E-state index in [2.05, 4.69) is 0 Å². The minimum Gasteiger partial charge on any atom is -0.394 e. The topological polar surface area (TPSA) is 70.0 Å². The number of nitrogens with zero attached hydrogens (tertiary/aromatic N) is 1. The van der Waals surface area contributed by atoms with Crippen LogP contribution in [0.2, 0.25) is 0 Å². The quantitative estimate of drug-likeness (QED) is 0.703. The van der Waals surface area contributed by atoms with E-state index in [-0.39, 0.29) is 12.2 Å². The second-order valence-corrected chi connectivity index (χ2v) is 2.63. The third-order valence-electron chi connectivity index (χ3n) is 1.73. The average Bonchev–Trinajstić information content (AvgIpc) is 2.16. The molecular formula is C9H9FN2O. The summed E-state index contributed by atoms with van der Waals surface area (Å²) in [6, 6.07) is 4.92.